The second-order valence-electron chi connectivity index (χ2n) is 8.47. The molecule has 8 heteroatoms. The van der Waals surface area contributed by atoms with Crippen molar-refractivity contribution in [1.82, 2.24) is 4.98 Å². The van der Waals surface area contributed by atoms with Crippen LogP contribution in [0.5, 0.6) is 0 Å². The first-order valence-corrected chi connectivity index (χ1v) is 10.5. The maximum absolute atomic E-state index is 13.9. The van der Waals surface area contributed by atoms with Gasteiger partial charge in [0.25, 0.3) is 0 Å². The van der Waals surface area contributed by atoms with Gasteiger partial charge in [0.1, 0.15) is 11.6 Å². The summed E-state index contributed by atoms with van der Waals surface area (Å²) in [6, 6.07) is 8.83. The Bertz CT molecular complexity index is 963. The number of primary amides is 1. The third-order valence-corrected chi connectivity index (χ3v) is 6.57. The molecular weight excluding hydrogens is 407 g/mol. The van der Waals surface area contributed by atoms with Crippen LogP contribution in [-0.2, 0) is 10.2 Å². The molecule has 0 unspecified atom stereocenters. The predicted octanol–water partition coefficient (Wildman–Crippen LogP) is 4.35. The first-order chi connectivity index (χ1) is 14.7. The lowest BCUT2D eigenvalue weighted by molar-refractivity contribution is -0.128. The number of benzene rings is 1. The number of alkyl halides is 2. The van der Waals surface area contributed by atoms with Gasteiger partial charge in [-0.25, -0.2) is 18.2 Å². The van der Waals surface area contributed by atoms with Gasteiger partial charge in [0, 0.05) is 24.4 Å². The predicted molar refractivity (Wildman–Crippen MR) is 109 cm³/mol. The minimum Gasteiger partial charge on any atom is -0.366 e. The third-order valence-electron chi connectivity index (χ3n) is 6.57. The minimum absolute atomic E-state index is 0.147. The molecule has 2 aromatic rings. The molecule has 0 radical (unpaired) electrons. The van der Waals surface area contributed by atoms with Gasteiger partial charge in [0.05, 0.1) is 11.6 Å². The molecule has 1 aromatic carbocycles. The van der Waals surface area contributed by atoms with Crippen molar-refractivity contribution >= 4 is 17.6 Å². The van der Waals surface area contributed by atoms with Crippen molar-refractivity contribution in [2.75, 3.05) is 4.90 Å². The number of hydrogen-bond donors (Lipinski definition) is 1. The van der Waals surface area contributed by atoms with Gasteiger partial charge in [-0.3, -0.25) is 14.5 Å². The molecule has 1 aromatic heterocycles. The van der Waals surface area contributed by atoms with Crippen LogP contribution in [0.1, 0.15) is 60.9 Å². The van der Waals surface area contributed by atoms with Crippen LogP contribution in [0.25, 0.3) is 0 Å². The highest BCUT2D eigenvalue weighted by Crippen LogP contribution is 2.47. The van der Waals surface area contributed by atoms with E-state index in [9.17, 15) is 22.8 Å². The molecule has 2 aliphatic carbocycles. The second kappa shape index (κ2) is 7.98. The Morgan fingerprint density at radius 2 is 1.65 bits per heavy atom. The Morgan fingerprint density at radius 3 is 2.13 bits per heavy atom. The zero-order chi connectivity index (χ0) is 22.2. The fourth-order valence-corrected chi connectivity index (χ4v) is 4.59. The molecule has 2 fully saturated rings. The number of hydrogen-bond acceptors (Lipinski definition) is 3. The molecule has 4 rings (SSSR count). The number of aromatic nitrogens is 1. The van der Waals surface area contributed by atoms with Crippen molar-refractivity contribution < 1.29 is 22.8 Å². The molecule has 5 nitrogen and oxygen atoms in total. The number of rotatable bonds is 5. The van der Waals surface area contributed by atoms with Gasteiger partial charge in [-0.2, -0.15) is 0 Å². The zero-order valence-corrected chi connectivity index (χ0v) is 17.0. The highest BCUT2D eigenvalue weighted by Gasteiger charge is 2.50. The molecule has 2 N–H and O–H groups in total. The van der Waals surface area contributed by atoms with E-state index in [2.05, 4.69) is 4.98 Å². The normalized spacial score (nSPS) is 20.0. The second-order valence-corrected chi connectivity index (χ2v) is 8.47. The fourth-order valence-electron chi connectivity index (χ4n) is 4.59. The van der Waals surface area contributed by atoms with Crippen LogP contribution in [0.3, 0.4) is 0 Å². The summed E-state index contributed by atoms with van der Waals surface area (Å²) in [7, 11) is 0. The van der Waals surface area contributed by atoms with E-state index in [0.717, 1.165) is 18.2 Å². The Kier molecular flexibility index (Phi) is 5.49. The molecule has 2 amide bonds. The molecule has 2 saturated carbocycles. The average Bonchev–Trinajstić information content (AvgIpc) is 2.70. The van der Waals surface area contributed by atoms with Crippen LogP contribution >= 0.6 is 0 Å². The third kappa shape index (κ3) is 4.03. The number of amides is 2. The largest absolute Gasteiger partial charge is 0.366 e. The molecule has 2 aliphatic rings. The molecule has 1 heterocycles. The van der Waals surface area contributed by atoms with Crippen LogP contribution in [0.4, 0.5) is 19.0 Å². The van der Waals surface area contributed by atoms with E-state index in [-0.39, 0.29) is 37.4 Å². The monoisotopic (exact) mass is 431 g/mol. The first kappa shape index (κ1) is 21.3. The summed E-state index contributed by atoms with van der Waals surface area (Å²) in [4.78, 5) is 30.9. The fraction of sp³-hybridized carbons (Fsp3) is 0.435. The average molecular weight is 431 g/mol. The Hall–Kier alpha value is -2.90. The van der Waals surface area contributed by atoms with E-state index < -0.39 is 29.1 Å². The molecule has 31 heavy (non-hydrogen) atoms. The van der Waals surface area contributed by atoms with Crippen LogP contribution < -0.4 is 10.6 Å². The maximum atomic E-state index is 13.9. The summed E-state index contributed by atoms with van der Waals surface area (Å²) in [6.07, 6.45) is 2.76. The van der Waals surface area contributed by atoms with Crippen molar-refractivity contribution in [2.24, 2.45) is 5.73 Å². The van der Waals surface area contributed by atoms with Crippen LogP contribution in [0, 0.1) is 5.82 Å². The lowest BCUT2D eigenvalue weighted by Gasteiger charge is -2.46. The summed E-state index contributed by atoms with van der Waals surface area (Å²) in [5.74, 6) is -3.78. The molecule has 164 valence electrons. The van der Waals surface area contributed by atoms with Crippen molar-refractivity contribution in [3.05, 3.63) is 59.5 Å². The van der Waals surface area contributed by atoms with E-state index in [1.807, 2.05) is 0 Å². The van der Waals surface area contributed by atoms with E-state index in [1.54, 1.807) is 24.3 Å². The SMILES string of the molecule is NC(=O)c1ccc(C2(C(=O)N(c3ccc(F)cn3)C3CCC(F)(F)CC3)CCC2)cc1. The van der Waals surface area contributed by atoms with E-state index >= 15 is 0 Å². The number of carbonyl (C=O) groups is 2. The van der Waals surface area contributed by atoms with Crippen molar-refractivity contribution in [2.45, 2.75) is 62.3 Å². The topological polar surface area (TPSA) is 76.3 Å². The van der Waals surface area contributed by atoms with Crippen LogP contribution in [0.15, 0.2) is 42.6 Å². The number of pyridine rings is 1. The molecule has 0 aliphatic heterocycles. The highest BCUT2D eigenvalue weighted by molar-refractivity contribution is 6.02. The molecular formula is C23H24F3N3O2. The zero-order valence-electron chi connectivity index (χ0n) is 17.0. The smallest absolute Gasteiger partial charge is 0.248 e. The molecule has 0 atom stereocenters. The summed E-state index contributed by atoms with van der Waals surface area (Å²) < 4.78 is 41.0. The van der Waals surface area contributed by atoms with Crippen LogP contribution in [0.2, 0.25) is 0 Å². The summed E-state index contributed by atoms with van der Waals surface area (Å²) in [6.45, 7) is 0. The Labute approximate surface area is 178 Å². The first-order valence-electron chi connectivity index (χ1n) is 10.5. The molecule has 0 spiro atoms. The van der Waals surface area contributed by atoms with Crippen LogP contribution in [-0.4, -0.2) is 28.8 Å². The lowest BCUT2D eigenvalue weighted by atomic mass is 9.63. The van der Waals surface area contributed by atoms with Gasteiger partial charge in [0.2, 0.25) is 17.7 Å². The van der Waals surface area contributed by atoms with E-state index in [4.69, 9.17) is 5.73 Å². The summed E-state index contributed by atoms with van der Waals surface area (Å²) in [5, 5.41) is 0. The van der Waals surface area contributed by atoms with Gasteiger partial charge >= 0.3 is 0 Å². The summed E-state index contributed by atoms with van der Waals surface area (Å²) in [5.41, 5.74) is 5.59. The number of nitrogens with two attached hydrogens (primary N) is 1. The number of carbonyl (C=O) groups excluding carboxylic acids is 2. The van der Waals surface area contributed by atoms with Crippen molar-refractivity contribution in [3.8, 4) is 0 Å². The quantitative estimate of drug-likeness (QED) is 0.765. The van der Waals surface area contributed by atoms with Gasteiger partial charge in [-0.15, -0.1) is 0 Å². The minimum atomic E-state index is -2.74. The number of halogens is 3. The Balaban J connectivity index is 1.70. The van der Waals surface area contributed by atoms with E-state index in [0.29, 0.717) is 18.4 Å². The number of anilines is 1. The van der Waals surface area contributed by atoms with E-state index in [1.165, 1.54) is 17.0 Å². The van der Waals surface area contributed by atoms with Gasteiger partial charge < -0.3 is 5.73 Å². The number of nitrogens with zero attached hydrogens (tertiary/aromatic N) is 2. The standard InChI is InChI=1S/C23H24F3N3O2/c24-17-6-7-19(28-14-17)29(18-8-12-23(25,26)13-9-18)21(31)22(10-1-11-22)16-4-2-15(3-5-16)20(27)30/h2-7,14,18H,1,8-13H2,(H2,27,30). The molecule has 0 bridgehead atoms. The highest BCUT2D eigenvalue weighted by atomic mass is 19.3. The maximum Gasteiger partial charge on any atom is 0.248 e. The van der Waals surface area contributed by atoms with Crippen molar-refractivity contribution in [3.63, 3.8) is 0 Å². The van der Waals surface area contributed by atoms with Crippen molar-refractivity contribution in [1.29, 1.82) is 0 Å². The molecule has 0 saturated heterocycles. The van der Waals surface area contributed by atoms with Gasteiger partial charge in [0.15, 0.2) is 0 Å². The summed E-state index contributed by atoms with van der Waals surface area (Å²) >= 11 is 0. The lowest BCUT2D eigenvalue weighted by Crippen LogP contribution is -2.55. The Morgan fingerprint density at radius 1 is 1.00 bits per heavy atom. The van der Waals surface area contributed by atoms with Gasteiger partial charge in [-0.1, -0.05) is 18.6 Å². The van der Waals surface area contributed by atoms with Gasteiger partial charge in [-0.05, 0) is 55.5 Å².